The highest BCUT2D eigenvalue weighted by atomic mass is 32.2. The molecule has 2 fully saturated rings. The zero-order valence-corrected chi connectivity index (χ0v) is 20.2. The number of nitrogens with zero attached hydrogens (tertiary/aromatic N) is 4. The monoisotopic (exact) mass is 511 g/mol. The topological polar surface area (TPSA) is 117 Å². The summed E-state index contributed by atoms with van der Waals surface area (Å²) in [4.78, 5) is 15.2. The second-order valence-electron chi connectivity index (χ2n) is 8.77. The summed E-state index contributed by atoms with van der Waals surface area (Å²) in [5, 5.41) is 13.5. The molecule has 1 aromatic heterocycles. The standard InChI is InChI=1S/C21H28BF2N5O5S/c1-22(31)26-35(32,33)28-9-7-27(8-10-28)19-14-25-29(17-12-15(23)11-16(24)13-17)21(30)20(19)34-18-5-3-2-4-6-18/h11-14,18,26,31H,2-10H2,1H3. The Morgan fingerprint density at radius 1 is 1.09 bits per heavy atom. The number of piperazine rings is 1. The molecule has 14 heteroatoms. The van der Waals surface area contributed by atoms with Gasteiger partial charge in [-0.1, -0.05) is 6.42 Å². The number of benzene rings is 1. The molecule has 1 aromatic carbocycles. The van der Waals surface area contributed by atoms with Crippen LogP contribution in [0.5, 0.6) is 5.75 Å². The summed E-state index contributed by atoms with van der Waals surface area (Å²) in [6, 6.07) is 2.74. The number of hydrogen-bond donors (Lipinski definition) is 2. The third-order valence-corrected chi connectivity index (χ3v) is 7.77. The summed E-state index contributed by atoms with van der Waals surface area (Å²) < 4.78 is 62.7. The summed E-state index contributed by atoms with van der Waals surface area (Å²) in [6.45, 7) is 2.04. The van der Waals surface area contributed by atoms with Gasteiger partial charge in [0.1, 0.15) is 17.3 Å². The van der Waals surface area contributed by atoms with Crippen molar-refractivity contribution in [1.29, 1.82) is 0 Å². The van der Waals surface area contributed by atoms with Crippen LogP contribution in [0.4, 0.5) is 14.5 Å². The van der Waals surface area contributed by atoms with Crippen molar-refractivity contribution in [1.82, 2.24) is 18.7 Å². The van der Waals surface area contributed by atoms with E-state index in [1.807, 2.05) is 0 Å². The second kappa shape index (κ2) is 10.6. The van der Waals surface area contributed by atoms with Crippen LogP contribution in [0.15, 0.2) is 29.2 Å². The quantitative estimate of drug-likeness (QED) is 0.538. The summed E-state index contributed by atoms with van der Waals surface area (Å²) in [5.41, 5.74) is -0.314. The minimum Gasteiger partial charge on any atom is -0.483 e. The van der Waals surface area contributed by atoms with Crippen molar-refractivity contribution in [3.05, 3.63) is 46.4 Å². The molecule has 190 valence electrons. The van der Waals surface area contributed by atoms with Crippen LogP contribution in [0.2, 0.25) is 6.82 Å². The SMILES string of the molecule is CB(O)NS(=O)(=O)N1CCN(c2cnn(-c3cc(F)cc(F)c3)c(=O)c2OC2CCCCC2)CC1. The highest BCUT2D eigenvalue weighted by Gasteiger charge is 2.31. The van der Waals surface area contributed by atoms with Gasteiger partial charge in [-0.3, -0.25) is 4.79 Å². The molecule has 0 atom stereocenters. The van der Waals surface area contributed by atoms with E-state index in [0.29, 0.717) is 11.8 Å². The van der Waals surface area contributed by atoms with E-state index in [9.17, 15) is 27.0 Å². The van der Waals surface area contributed by atoms with Crippen molar-refractivity contribution in [2.75, 3.05) is 31.1 Å². The van der Waals surface area contributed by atoms with Crippen molar-refractivity contribution < 1.29 is 27.0 Å². The van der Waals surface area contributed by atoms with Gasteiger partial charge in [0, 0.05) is 32.2 Å². The normalized spacial score (nSPS) is 18.0. The molecule has 0 bridgehead atoms. The third kappa shape index (κ3) is 6.00. The summed E-state index contributed by atoms with van der Waals surface area (Å²) in [5.74, 6) is -1.65. The molecule has 2 aromatic rings. The fourth-order valence-corrected chi connectivity index (χ4v) is 5.64. The molecule has 1 saturated heterocycles. The van der Waals surface area contributed by atoms with Gasteiger partial charge in [-0.2, -0.15) is 22.5 Å². The van der Waals surface area contributed by atoms with E-state index in [1.54, 1.807) is 4.90 Å². The minimum atomic E-state index is -3.86. The van der Waals surface area contributed by atoms with Gasteiger partial charge in [0.2, 0.25) is 5.75 Å². The lowest BCUT2D eigenvalue weighted by Crippen LogP contribution is -2.54. The molecule has 10 nitrogen and oxygen atoms in total. The predicted octanol–water partition coefficient (Wildman–Crippen LogP) is 1.29. The first kappa shape index (κ1) is 25.5. The average Bonchev–Trinajstić information content (AvgIpc) is 2.79. The van der Waals surface area contributed by atoms with Crippen LogP contribution in [-0.4, -0.2) is 66.9 Å². The second-order valence-corrected chi connectivity index (χ2v) is 10.5. The number of ether oxygens (including phenoxy) is 1. The Morgan fingerprint density at radius 2 is 1.71 bits per heavy atom. The Bertz CT molecular complexity index is 1190. The number of rotatable bonds is 7. The third-order valence-electron chi connectivity index (χ3n) is 6.08. The number of aromatic nitrogens is 2. The Kier molecular flexibility index (Phi) is 7.74. The van der Waals surface area contributed by atoms with Crippen LogP contribution >= 0.6 is 0 Å². The molecule has 0 amide bonds. The Hall–Kier alpha value is -2.55. The van der Waals surface area contributed by atoms with Crippen LogP contribution in [0.1, 0.15) is 32.1 Å². The van der Waals surface area contributed by atoms with Gasteiger partial charge in [0.15, 0.2) is 0 Å². The van der Waals surface area contributed by atoms with Crippen LogP contribution in [0.3, 0.4) is 0 Å². The molecule has 0 radical (unpaired) electrons. The summed E-state index contributed by atoms with van der Waals surface area (Å²) >= 11 is 0. The molecule has 1 aliphatic carbocycles. The molecule has 0 unspecified atom stereocenters. The molecule has 1 saturated carbocycles. The maximum Gasteiger partial charge on any atom is 0.388 e. The van der Waals surface area contributed by atoms with Gasteiger partial charge in [-0.05, 0) is 44.6 Å². The van der Waals surface area contributed by atoms with E-state index in [-0.39, 0.29) is 43.7 Å². The molecular formula is C21H28BF2N5O5S. The van der Waals surface area contributed by atoms with Gasteiger partial charge in [0.25, 0.3) is 10.2 Å². The van der Waals surface area contributed by atoms with Crippen molar-refractivity contribution >= 4 is 22.9 Å². The molecule has 1 aliphatic heterocycles. The zero-order chi connectivity index (χ0) is 25.2. The van der Waals surface area contributed by atoms with Crippen molar-refractivity contribution in [3.8, 4) is 11.4 Å². The number of hydrogen-bond acceptors (Lipinski definition) is 7. The van der Waals surface area contributed by atoms with Gasteiger partial charge >= 0.3 is 12.6 Å². The molecule has 2 aliphatic rings. The molecule has 0 spiro atoms. The molecule has 2 heterocycles. The van der Waals surface area contributed by atoms with E-state index in [2.05, 4.69) is 9.73 Å². The van der Waals surface area contributed by atoms with Crippen LogP contribution in [-0.2, 0) is 10.2 Å². The van der Waals surface area contributed by atoms with E-state index < -0.39 is 34.5 Å². The first-order chi connectivity index (χ1) is 16.6. The maximum atomic E-state index is 13.8. The predicted molar refractivity (Wildman–Crippen MR) is 127 cm³/mol. The van der Waals surface area contributed by atoms with Gasteiger partial charge in [-0.25, -0.2) is 13.4 Å². The Morgan fingerprint density at radius 3 is 2.31 bits per heavy atom. The first-order valence-corrected chi connectivity index (χ1v) is 13.0. The average molecular weight is 511 g/mol. The fraction of sp³-hybridized carbons (Fsp3) is 0.524. The van der Waals surface area contributed by atoms with E-state index >= 15 is 0 Å². The van der Waals surface area contributed by atoms with E-state index in [0.717, 1.165) is 48.9 Å². The fourth-order valence-electron chi connectivity index (χ4n) is 4.42. The molecule has 4 rings (SSSR count). The number of nitrogens with one attached hydrogen (secondary N) is 1. The molecule has 2 N–H and O–H groups in total. The number of anilines is 1. The maximum absolute atomic E-state index is 13.8. The van der Waals surface area contributed by atoms with E-state index in [1.165, 1.54) is 17.3 Å². The van der Waals surface area contributed by atoms with Crippen LogP contribution in [0.25, 0.3) is 5.69 Å². The molecule has 35 heavy (non-hydrogen) atoms. The van der Waals surface area contributed by atoms with Crippen molar-refractivity contribution in [2.24, 2.45) is 0 Å². The highest BCUT2D eigenvalue weighted by Crippen LogP contribution is 2.30. The lowest BCUT2D eigenvalue weighted by atomic mass is 9.92. The lowest BCUT2D eigenvalue weighted by Gasteiger charge is -2.36. The Labute approximate surface area is 202 Å². The van der Waals surface area contributed by atoms with Gasteiger partial charge < -0.3 is 14.7 Å². The van der Waals surface area contributed by atoms with Gasteiger partial charge in [-0.15, -0.1) is 0 Å². The largest absolute Gasteiger partial charge is 0.483 e. The van der Waals surface area contributed by atoms with Crippen LogP contribution in [0, 0.1) is 11.6 Å². The van der Waals surface area contributed by atoms with Crippen LogP contribution < -0.4 is 19.8 Å². The Balaban J connectivity index is 1.65. The zero-order valence-electron chi connectivity index (χ0n) is 19.4. The summed E-state index contributed by atoms with van der Waals surface area (Å²) in [7, 11) is -5.08. The van der Waals surface area contributed by atoms with Gasteiger partial charge in [0.05, 0.1) is 18.0 Å². The first-order valence-electron chi connectivity index (χ1n) is 11.6. The lowest BCUT2D eigenvalue weighted by molar-refractivity contribution is 0.152. The smallest absolute Gasteiger partial charge is 0.388 e. The molecular weight excluding hydrogens is 483 g/mol. The van der Waals surface area contributed by atoms with Crippen molar-refractivity contribution in [3.63, 3.8) is 0 Å². The number of halogens is 2. The minimum absolute atomic E-state index is 0.0231. The summed E-state index contributed by atoms with van der Waals surface area (Å²) in [6.07, 6.45) is 5.84. The van der Waals surface area contributed by atoms with E-state index in [4.69, 9.17) is 4.74 Å². The highest BCUT2D eigenvalue weighted by molar-refractivity contribution is 7.88. The van der Waals surface area contributed by atoms with Crippen molar-refractivity contribution in [2.45, 2.75) is 45.0 Å².